The molecule has 5 heteroatoms. The Hall–Kier alpha value is -1.82. The predicted molar refractivity (Wildman–Crippen MR) is 121 cm³/mol. The van der Waals surface area contributed by atoms with Gasteiger partial charge in [0.1, 0.15) is 0 Å². The number of carboxylic acid groups (broad SMARTS) is 1. The summed E-state index contributed by atoms with van der Waals surface area (Å²) in [5.41, 5.74) is 3.19. The third kappa shape index (κ3) is 6.10. The van der Waals surface area contributed by atoms with Crippen LogP contribution in [0.15, 0.2) is 48.5 Å². The SMILES string of the molecule is CC(C)(O)c1ccccc1CCC(SCC1(CC(=O)O)CC1)c1cccc(CO)c1. The molecule has 1 aliphatic carbocycles. The van der Waals surface area contributed by atoms with E-state index in [-0.39, 0.29) is 23.7 Å². The predicted octanol–water partition coefficient (Wildman–Crippen LogP) is 5.07. The zero-order chi connectivity index (χ0) is 21.8. The summed E-state index contributed by atoms with van der Waals surface area (Å²) in [5, 5.41) is 29.5. The van der Waals surface area contributed by atoms with Crippen molar-refractivity contribution in [2.75, 3.05) is 5.75 Å². The fourth-order valence-corrected chi connectivity index (χ4v) is 5.58. The first-order valence-corrected chi connectivity index (χ1v) is 11.6. The molecule has 2 aromatic rings. The summed E-state index contributed by atoms with van der Waals surface area (Å²) in [5.74, 6) is 0.117. The van der Waals surface area contributed by atoms with Crippen LogP contribution in [-0.2, 0) is 23.4 Å². The zero-order valence-corrected chi connectivity index (χ0v) is 18.6. The van der Waals surface area contributed by atoms with E-state index in [1.165, 1.54) is 5.56 Å². The first-order chi connectivity index (χ1) is 14.2. The molecule has 0 saturated heterocycles. The second-order valence-corrected chi connectivity index (χ2v) is 10.2. The fourth-order valence-electron chi connectivity index (χ4n) is 4.01. The second kappa shape index (κ2) is 9.54. The lowest BCUT2D eigenvalue weighted by Crippen LogP contribution is -2.18. The number of hydrogen-bond acceptors (Lipinski definition) is 4. The summed E-state index contributed by atoms with van der Waals surface area (Å²) < 4.78 is 0. The van der Waals surface area contributed by atoms with Gasteiger partial charge in [-0.05, 0) is 67.2 Å². The number of aliphatic hydroxyl groups excluding tert-OH is 1. The van der Waals surface area contributed by atoms with Gasteiger partial charge in [0.05, 0.1) is 18.6 Å². The van der Waals surface area contributed by atoms with E-state index in [1.807, 2.05) is 55.9 Å². The smallest absolute Gasteiger partial charge is 0.303 e. The molecule has 0 aromatic heterocycles. The molecule has 1 atom stereocenters. The fraction of sp³-hybridized carbons (Fsp3) is 0.480. The van der Waals surface area contributed by atoms with Crippen molar-refractivity contribution in [2.45, 2.75) is 63.4 Å². The molecule has 3 rings (SSSR count). The van der Waals surface area contributed by atoms with Gasteiger partial charge in [-0.3, -0.25) is 4.79 Å². The summed E-state index contributed by atoms with van der Waals surface area (Å²) in [7, 11) is 0. The van der Waals surface area contributed by atoms with Crippen molar-refractivity contribution in [3.63, 3.8) is 0 Å². The molecule has 4 nitrogen and oxygen atoms in total. The van der Waals surface area contributed by atoms with E-state index in [2.05, 4.69) is 18.2 Å². The van der Waals surface area contributed by atoms with Crippen LogP contribution in [0.1, 0.15) is 67.0 Å². The molecular weight excluding hydrogens is 396 g/mol. The van der Waals surface area contributed by atoms with Crippen LogP contribution >= 0.6 is 11.8 Å². The Balaban J connectivity index is 1.77. The number of benzene rings is 2. The largest absolute Gasteiger partial charge is 0.481 e. The Morgan fingerprint density at radius 1 is 1.17 bits per heavy atom. The molecule has 1 saturated carbocycles. The van der Waals surface area contributed by atoms with E-state index >= 15 is 0 Å². The summed E-state index contributed by atoms with van der Waals surface area (Å²) in [6.07, 6.45) is 3.92. The van der Waals surface area contributed by atoms with Crippen molar-refractivity contribution < 1.29 is 20.1 Å². The highest BCUT2D eigenvalue weighted by Gasteiger charge is 2.44. The monoisotopic (exact) mass is 428 g/mol. The van der Waals surface area contributed by atoms with Crippen LogP contribution in [0, 0.1) is 5.41 Å². The number of hydrogen-bond donors (Lipinski definition) is 3. The van der Waals surface area contributed by atoms with Gasteiger partial charge in [-0.25, -0.2) is 0 Å². The molecule has 1 fully saturated rings. The molecule has 30 heavy (non-hydrogen) atoms. The molecule has 2 aromatic carbocycles. The highest BCUT2D eigenvalue weighted by atomic mass is 32.2. The van der Waals surface area contributed by atoms with Gasteiger partial charge in [-0.2, -0.15) is 11.8 Å². The number of aliphatic carboxylic acids is 1. The Morgan fingerprint density at radius 2 is 1.90 bits per heavy atom. The molecule has 0 heterocycles. The number of aryl methyl sites for hydroxylation is 1. The third-order valence-electron chi connectivity index (χ3n) is 5.93. The van der Waals surface area contributed by atoms with E-state index in [0.717, 1.165) is 48.1 Å². The lowest BCUT2D eigenvalue weighted by Gasteiger charge is -2.24. The van der Waals surface area contributed by atoms with E-state index in [1.54, 1.807) is 0 Å². The van der Waals surface area contributed by atoms with Gasteiger partial charge in [0, 0.05) is 11.0 Å². The number of aliphatic hydroxyl groups is 2. The van der Waals surface area contributed by atoms with Gasteiger partial charge < -0.3 is 15.3 Å². The lowest BCUT2D eigenvalue weighted by molar-refractivity contribution is -0.138. The van der Waals surface area contributed by atoms with Gasteiger partial charge in [0.15, 0.2) is 0 Å². The maximum Gasteiger partial charge on any atom is 0.303 e. The molecule has 0 bridgehead atoms. The van der Waals surface area contributed by atoms with Crippen LogP contribution in [0.4, 0.5) is 0 Å². The Bertz CT molecular complexity index is 867. The molecule has 1 unspecified atom stereocenters. The number of carboxylic acids is 1. The highest BCUT2D eigenvalue weighted by molar-refractivity contribution is 7.99. The summed E-state index contributed by atoms with van der Waals surface area (Å²) in [4.78, 5) is 11.2. The van der Waals surface area contributed by atoms with Crippen molar-refractivity contribution in [3.8, 4) is 0 Å². The Kier molecular flexibility index (Phi) is 7.27. The molecule has 0 amide bonds. The maximum atomic E-state index is 11.2. The standard InChI is InChI=1S/C25H32O4S/c1-24(2,29)21-9-4-3-7-19(21)10-11-22(20-8-5-6-18(14-20)16-26)30-17-25(12-13-25)15-23(27)28/h3-9,14,22,26,29H,10-13,15-17H2,1-2H3,(H,27,28). The van der Waals surface area contributed by atoms with Gasteiger partial charge in [0.25, 0.3) is 0 Å². The average Bonchev–Trinajstić information content (AvgIpc) is 3.46. The number of thioether (sulfide) groups is 1. The molecular formula is C25H32O4S. The molecule has 0 aliphatic heterocycles. The van der Waals surface area contributed by atoms with E-state index in [4.69, 9.17) is 0 Å². The van der Waals surface area contributed by atoms with Crippen LogP contribution in [0.2, 0.25) is 0 Å². The Labute approximate surface area is 183 Å². The van der Waals surface area contributed by atoms with E-state index in [9.17, 15) is 20.1 Å². The lowest BCUT2D eigenvalue weighted by atomic mass is 9.90. The van der Waals surface area contributed by atoms with Gasteiger partial charge in [0.2, 0.25) is 0 Å². The third-order valence-corrected chi connectivity index (χ3v) is 7.62. The van der Waals surface area contributed by atoms with Crippen LogP contribution in [0.5, 0.6) is 0 Å². The van der Waals surface area contributed by atoms with Crippen LogP contribution in [-0.4, -0.2) is 27.0 Å². The van der Waals surface area contributed by atoms with Crippen molar-refractivity contribution in [1.29, 1.82) is 0 Å². The van der Waals surface area contributed by atoms with Crippen LogP contribution in [0.3, 0.4) is 0 Å². The minimum Gasteiger partial charge on any atom is -0.481 e. The maximum absolute atomic E-state index is 11.2. The molecule has 162 valence electrons. The van der Waals surface area contributed by atoms with E-state index < -0.39 is 11.6 Å². The summed E-state index contributed by atoms with van der Waals surface area (Å²) in [6.45, 7) is 3.63. The minimum absolute atomic E-state index is 0.00964. The number of rotatable bonds is 11. The number of carbonyl (C=O) groups is 1. The van der Waals surface area contributed by atoms with Gasteiger partial charge in [-0.1, -0.05) is 48.5 Å². The average molecular weight is 429 g/mol. The first kappa shape index (κ1) is 22.9. The molecule has 0 spiro atoms. The first-order valence-electron chi connectivity index (χ1n) is 10.6. The Morgan fingerprint density at radius 3 is 2.53 bits per heavy atom. The molecule has 3 N–H and O–H groups in total. The van der Waals surface area contributed by atoms with Gasteiger partial charge >= 0.3 is 5.97 Å². The van der Waals surface area contributed by atoms with Crippen LogP contribution < -0.4 is 0 Å². The minimum atomic E-state index is -0.893. The molecule has 1 aliphatic rings. The van der Waals surface area contributed by atoms with Crippen molar-refractivity contribution in [2.24, 2.45) is 5.41 Å². The van der Waals surface area contributed by atoms with Crippen molar-refractivity contribution in [3.05, 3.63) is 70.8 Å². The van der Waals surface area contributed by atoms with Crippen LogP contribution in [0.25, 0.3) is 0 Å². The summed E-state index contributed by atoms with van der Waals surface area (Å²) >= 11 is 1.83. The van der Waals surface area contributed by atoms with Gasteiger partial charge in [-0.15, -0.1) is 0 Å². The topological polar surface area (TPSA) is 77.8 Å². The van der Waals surface area contributed by atoms with Crippen molar-refractivity contribution in [1.82, 2.24) is 0 Å². The quantitative estimate of drug-likeness (QED) is 0.466. The van der Waals surface area contributed by atoms with Crippen molar-refractivity contribution >= 4 is 17.7 Å². The van der Waals surface area contributed by atoms with E-state index in [0.29, 0.717) is 0 Å². The normalized spacial score (nSPS) is 16.3. The summed E-state index contributed by atoms with van der Waals surface area (Å²) in [6, 6.07) is 16.1. The highest BCUT2D eigenvalue weighted by Crippen LogP contribution is 2.53. The zero-order valence-electron chi connectivity index (χ0n) is 17.8. The second-order valence-electron chi connectivity index (χ2n) is 9.03. The molecule has 0 radical (unpaired) electrons.